The minimum Gasteiger partial charge on any atom is -1.00 e. The summed E-state index contributed by atoms with van der Waals surface area (Å²) in [4.78, 5) is 67.0. The Bertz CT molecular complexity index is 1760. The molecule has 14 heteroatoms. The number of nitrogens with zero attached hydrogens (tertiary/aromatic N) is 2. The minimum absolute atomic E-state index is 0. The third-order valence-electron chi connectivity index (χ3n) is 6.41. The van der Waals surface area contributed by atoms with Gasteiger partial charge in [0, 0.05) is 17.1 Å². The van der Waals surface area contributed by atoms with E-state index in [0.717, 1.165) is 0 Å². The summed E-state index contributed by atoms with van der Waals surface area (Å²) in [5.74, 6) is -3.36. The molecule has 2 aliphatic heterocycles. The molecule has 5 heterocycles. The zero-order valence-corrected chi connectivity index (χ0v) is 25.6. The number of aromatic nitrogens is 4. The van der Waals surface area contributed by atoms with Gasteiger partial charge >= 0.3 is 23.9 Å². The number of ether oxygens (including phenoxy) is 3. The van der Waals surface area contributed by atoms with Gasteiger partial charge in [-0.25, -0.2) is 29.1 Å². The largest absolute Gasteiger partial charge is 1.00 e. The van der Waals surface area contributed by atoms with Gasteiger partial charge < -0.3 is 41.7 Å². The summed E-state index contributed by atoms with van der Waals surface area (Å²) in [6.07, 6.45) is 6.16. The molecule has 3 aromatic heterocycles. The molecule has 229 valence electrons. The molecule has 0 unspecified atom stereocenters. The third kappa shape index (κ3) is 6.30. The normalized spacial score (nSPS) is 11.2. The molecule has 12 nitrogen and oxygen atoms in total. The number of hydrogen-bond donors (Lipinski definition) is 3. The first-order valence-corrected chi connectivity index (χ1v) is 13.2. The van der Waals surface area contributed by atoms with Crippen molar-refractivity contribution in [2.45, 2.75) is 20.8 Å². The number of carbonyl (C=O) groups excluding carboxylic acids is 3. The number of nitrogens with one attached hydrogen (secondary N) is 2. The minimum atomic E-state index is -1.26. The molecular formula is C30H26ClMnN4O8-. The van der Waals surface area contributed by atoms with Gasteiger partial charge in [0.05, 0.1) is 64.7 Å². The summed E-state index contributed by atoms with van der Waals surface area (Å²) in [5, 5.41) is 10.2. The number of rotatable bonds is 7. The van der Waals surface area contributed by atoms with Crippen LogP contribution in [0.25, 0.3) is 46.4 Å². The summed E-state index contributed by atoms with van der Waals surface area (Å²) < 4.78 is 15.9. The molecule has 0 amide bonds. The van der Waals surface area contributed by atoms with Crippen molar-refractivity contribution >= 4 is 70.2 Å². The predicted molar refractivity (Wildman–Crippen MR) is 154 cm³/mol. The number of aromatic carboxylic acids is 1. The Morgan fingerprint density at radius 2 is 0.886 bits per heavy atom. The maximum atomic E-state index is 13.2. The standard InChI is InChI=1S/C30H26N4O8.ClH.Mn/c1-4-40-28(37)24-17-9-7-15(31-17)23(27(35)36)16-8-10-18(32-16)25(29(38)41-5-2)20-12-14-22(34-20)26(30(39)42-6-3)21-13-11-19(24)33-21;;/h7-14,31-32H,4-6H2,1-3H3,(H,35,36);1H;/p-1. The molecule has 0 saturated heterocycles. The van der Waals surface area contributed by atoms with E-state index in [9.17, 15) is 24.3 Å². The summed E-state index contributed by atoms with van der Waals surface area (Å²) in [6, 6.07) is 6.10. The Morgan fingerprint density at radius 1 is 0.591 bits per heavy atom. The van der Waals surface area contributed by atoms with Crippen molar-refractivity contribution in [3.8, 4) is 0 Å². The Hall–Kier alpha value is -4.71. The average molecular weight is 661 g/mol. The van der Waals surface area contributed by atoms with Crippen LogP contribution in [0.15, 0.2) is 24.3 Å². The predicted octanol–water partition coefficient (Wildman–Crippen LogP) is 1.89. The molecule has 44 heavy (non-hydrogen) atoms. The van der Waals surface area contributed by atoms with E-state index in [1.807, 2.05) is 0 Å². The number of esters is 3. The van der Waals surface area contributed by atoms with Crippen LogP contribution in [0.1, 0.15) is 85.0 Å². The van der Waals surface area contributed by atoms with E-state index in [4.69, 9.17) is 14.2 Å². The third-order valence-corrected chi connectivity index (χ3v) is 6.41. The van der Waals surface area contributed by atoms with Gasteiger partial charge in [0.2, 0.25) is 0 Å². The number of aromatic amines is 2. The van der Waals surface area contributed by atoms with Gasteiger partial charge in [0.1, 0.15) is 22.3 Å². The van der Waals surface area contributed by atoms with Gasteiger partial charge in [-0.1, -0.05) is 0 Å². The zero-order valence-electron chi connectivity index (χ0n) is 23.7. The quantitative estimate of drug-likeness (QED) is 0.133. The molecule has 5 rings (SSSR count). The second-order valence-corrected chi connectivity index (χ2v) is 8.97. The number of fused-ring (bicyclic) bond motifs is 8. The van der Waals surface area contributed by atoms with Crippen molar-refractivity contribution in [3.63, 3.8) is 0 Å². The molecule has 2 aliphatic rings. The molecule has 3 N–H and O–H groups in total. The molecule has 3 aromatic rings. The van der Waals surface area contributed by atoms with Crippen molar-refractivity contribution in [3.05, 3.63) is 69.3 Å². The number of H-pyrrole nitrogens is 2. The van der Waals surface area contributed by atoms with Crippen LogP contribution in [-0.4, -0.2) is 68.7 Å². The van der Waals surface area contributed by atoms with E-state index in [0.29, 0.717) is 0 Å². The van der Waals surface area contributed by atoms with E-state index >= 15 is 0 Å². The average Bonchev–Trinajstić information content (AvgIpc) is 3.75. The molecular weight excluding hydrogens is 635 g/mol. The Morgan fingerprint density at radius 3 is 1.20 bits per heavy atom. The summed E-state index contributed by atoms with van der Waals surface area (Å²) in [5.41, 5.74) is 1.50. The van der Waals surface area contributed by atoms with Crippen molar-refractivity contribution < 1.29 is 68.0 Å². The fourth-order valence-corrected chi connectivity index (χ4v) is 4.69. The van der Waals surface area contributed by atoms with E-state index in [1.165, 1.54) is 36.4 Å². The van der Waals surface area contributed by atoms with Gasteiger partial charge in [-0.05, 0) is 69.3 Å². The summed E-state index contributed by atoms with van der Waals surface area (Å²) in [7, 11) is 0. The molecule has 0 fully saturated rings. The van der Waals surface area contributed by atoms with E-state index < -0.39 is 23.9 Å². The Labute approximate surface area is 267 Å². The smallest absolute Gasteiger partial charge is 0.342 e. The maximum Gasteiger partial charge on any atom is 0.342 e. The van der Waals surface area contributed by atoms with E-state index in [2.05, 4.69) is 19.9 Å². The number of halogens is 1. The van der Waals surface area contributed by atoms with Gasteiger partial charge in [-0.15, -0.1) is 0 Å². The number of carboxylic acids is 1. The first-order valence-electron chi connectivity index (χ1n) is 13.2. The Kier molecular flexibility index (Phi) is 10.9. The van der Waals surface area contributed by atoms with E-state index in [-0.39, 0.29) is 116 Å². The van der Waals surface area contributed by atoms with Gasteiger partial charge in [0.25, 0.3) is 0 Å². The van der Waals surface area contributed by atoms with Crippen LogP contribution in [0.2, 0.25) is 0 Å². The maximum absolute atomic E-state index is 13.2. The molecule has 0 atom stereocenters. The second-order valence-electron chi connectivity index (χ2n) is 8.97. The molecule has 8 bridgehead atoms. The molecule has 0 spiro atoms. The zero-order chi connectivity index (χ0) is 30.0. The van der Waals surface area contributed by atoms with Crippen molar-refractivity contribution in [1.82, 2.24) is 19.9 Å². The fourth-order valence-electron chi connectivity index (χ4n) is 4.69. The monoisotopic (exact) mass is 660 g/mol. The second kappa shape index (κ2) is 14.2. The topological polar surface area (TPSA) is 174 Å². The van der Waals surface area contributed by atoms with Crippen LogP contribution in [0.4, 0.5) is 0 Å². The van der Waals surface area contributed by atoms with E-state index in [1.54, 1.807) is 32.9 Å². The molecule has 0 saturated carbocycles. The number of carboxylic acid groups (broad SMARTS) is 1. The molecule has 0 aromatic carbocycles. The number of hydrogen-bond acceptors (Lipinski definition) is 9. The van der Waals surface area contributed by atoms with Crippen LogP contribution in [0.3, 0.4) is 0 Å². The SMILES string of the molecule is CCOC(=O)c1c2nc(c(C(=O)OCC)c3ccc([nH]3)c(C(=O)O)c3ccc([nH]3)c(C(=O)OCC)c3nc1C=C3)C=C2.[Cl-].[Mn]. The van der Waals surface area contributed by atoms with Crippen molar-refractivity contribution in [1.29, 1.82) is 0 Å². The summed E-state index contributed by atoms with van der Waals surface area (Å²) >= 11 is 0. The van der Waals surface area contributed by atoms with Gasteiger partial charge in [-0.3, -0.25) is 0 Å². The fraction of sp³-hybridized carbons (Fsp3) is 0.200. The van der Waals surface area contributed by atoms with Crippen molar-refractivity contribution in [2.24, 2.45) is 0 Å². The van der Waals surface area contributed by atoms with Crippen LogP contribution >= 0.6 is 0 Å². The van der Waals surface area contributed by atoms with Crippen LogP contribution < -0.4 is 12.4 Å². The van der Waals surface area contributed by atoms with Gasteiger partial charge in [-0.2, -0.15) is 0 Å². The molecule has 1 radical (unpaired) electrons. The first kappa shape index (κ1) is 33.8. The van der Waals surface area contributed by atoms with Gasteiger partial charge in [0.15, 0.2) is 0 Å². The van der Waals surface area contributed by atoms with Crippen LogP contribution in [0.5, 0.6) is 0 Å². The van der Waals surface area contributed by atoms with Crippen molar-refractivity contribution in [2.75, 3.05) is 19.8 Å². The Balaban J connectivity index is 0.00000264. The van der Waals surface area contributed by atoms with Crippen LogP contribution in [0, 0.1) is 0 Å². The summed E-state index contributed by atoms with van der Waals surface area (Å²) in [6.45, 7) is 5.23. The number of carbonyl (C=O) groups is 4. The molecule has 0 aliphatic carbocycles. The van der Waals surface area contributed by atoms with Crippen LogP contribution in [-0.2, 0) is 31.3 Å². The first-order chi connectivity index (χ1) is 20.3.